The summed E-state index contributed by atoms with van der Waals surface area (Å²) in [7, 11) is 0. The fourth-order valence-corrected chi connectivity index (χ4v) is 2.84. The van der Waals surface area contributed by atoms with E-state index in [9.17, 15) is 5.11 Å². The molecule has 0 saturated heterocycles. The number of nitrogens with zero attached hydrogens (tertiary/aromatic N) is 1. The summed E-state index contributed by atoms with van der Waals surface area (Å²) in [5.41, 5.74) is 1.02. The van der Waals surface area contributed by atoms with Gasteiger partial charge in [-0.05, 0) is 49.4 Å². The zero-order chi connectivity index (χ0) is 13.7. The Hall–Kier alpha value is -0.380. The molecule has 106 valence electrons. The number of hydrogen-bond acceptors (Lipinski definition) is 2. The smallest absolute Gasteiger partial charge is 0.0802 e. The number of aliphatic hydroxyl groups excluding tert-OH is 1. The second-order valence-corrected chi connectivity index (χ2v) is 6.46. The quantitative estimate of drug-likeness (QED) is 0.819. The van der Waals surface area contributed by atoms with E-state index < -0.39 is 0 Å². The van der Waals surface area contributed by atoms with Crippen LogP contribution in [-0.2, 0) is 0 Å². The fourth-order valence-electron chi connectivity index (χ4n) is 2.58. The summed E-state index contributed by atoms with van der Waals surface area (Å²) in [6.45, 7) is 5.50. The Labute approximate surface area is 124 Å². The lowest BCUT2D eigenvalue weighted by Crippen LogP contribution is -2.33. The lowest BCUT2D eigenvalue weighted by molar-refractivity contribution is 0.126. The van der Waals surface area contributed by atoms with Crippen LogP contribution in [0.5, 0.6) is 0 Å². The Morgan fingerprint density at radius 3 is 2.53 bits per heavy atom. The van der Waals surface area contributed by atoms with Crippen molar-refractivity contribution in [3.8, 4) is 0 Å². The topological polar surface area (TPSA) is 23.5 Å². The molecule has 1 aliphatic rings. The minimum Gasteiger partial charge on any atom is -0.388 e. The number of halogens is 1. The summed E-state index contributed by atoms with van der Waals surface area (Å²) >= 11 is 3.42. The van der Waals surface area contributed by atoms with E-state index in [-0.39, 0.29) is 6.10 Å². The van der Waals surface area contributed by atoms with Crippen LogP contribution >= 0.6 is 15.9 Å². The van der Waals surface area contributed by atoms with Crippen LogP contribution in [0.1, 0.15) is 44.3 Å². The van der Waals surface area contributed by atoms with Crippen LogP contribution < -0.4 is 0 Å². The van der Waals surface area contributed by atoms with Gasteiger partial charge in [-0.25, -0.2) is 0 Å². The number of rotatable bonds is 7. The average molecular weight is 326 g/mol. The molecular weight excluding hydrogens is 302 g/mol. The molecule has 0 heterocycles. The predicted octanol–water partition coefficient (Wildman–Crippen LogP) is 3.99. The van der Waals surface area contributed by atoms with Gasteiger partial charge in [-0.2, -0.15) is 0 Å². The fraction of sp³-hybridized carbons (Fsp3) is 0.625. The first-order chi connectivity index (χ1) is 9.19. The van der Waals surface area contributed by atoms with Gasteiger partial charge in [0.2, 0.25) is 0 Å². The lowest BCUT2D eigenvalue weighted by atomic mass is 9.85. The molecule has 2 rings (SSSR count). The lowest BCUT2D eigenvalue weighted by Gasteiger charge is -2.32. The van der Waals surface area contributed by atoms with Crippen LogP contribution in [-0.4, -0.2) is 29.6 Å². The number of aliphatic hydroxyl groups is 1. The highest BCUT2D eigenvalue weighted by atomic mass is 79.9. The predicted molar refractivity (Wildman–Crippen MR) is 83.2 cm³/mol. The van der Waals surface area contributed by atoms with Crippen molar-refractivity contribution in [3.05, 3.63) is 34.3 Å². The molecule has 0 amide bonds. The first kappa shape index (κ1) is 15.0. The third-order valence-corrected chi connectivity index (χ3v) is 4.69. The molecule has 19 heavy (non-hydrogen) atoms. The van der Waals surface area contributed by atoms with Gasteiger partial charge in [0.1, 0.15) is 0 Å². The maximum atomic E-state index is 10.2. The summed E-state index contributed by atoms with van der Waals surface area (Å²) < 4.78 is 1.06. The van der Waals surface area contributed by atoms with Crippen molar-refractivity contribution < 1.29 is 5.11 Å². The molecule has 0 aromatic heterocycles. The Balaban J connectivity index is 1.77. The molecule has 1 aromatic rings. The van der Waals surface area contributed by atoms with Crippen molar-refractivity contribution in [3.63, 3.8) is 0 Å². The van der Waals surface area contributed by atoms with Crippen LogP contribution in [0.4, 0.5) is 0 Å². The Morgan fingerprint density at radius 1 is 1.32 bits per heavy atom. The molecule has 2 nitrogen and oxygen atoms in total. The van der Waals surface area contributed by atoms with Crippen LogP contribution in [0, 0.1) is 5.92 Å². The van der Waals surface area contributed by atoms with E-state index in [2.05, 4.69) is 27.8 Å². The molecule has 0 aliphatic heterocycles. The summed E-state index contributed by atoms with van der Waals surface area (Å²) in [5, 5.41) is 10.2. The van der Waals surface area contributed by atoms with Crippen LogP contribution in [0.3, 0.4) is 0 Å². The van der Waals surface area contributed by atoms with Crippen molar-refractivity contribution in [1.29, 1.82) is 0 Å². The Kier molecular flexibility index (Phi) is 5.86. The maximum absolute atomic E-state index is 10.2. The van der Waals surface area contributed by atoms with E-state index in [1.165, 1.54) is 25.8 Å². The minimum atomic E-state index is -0.344. The van der Waals surface area contributed by atoms with Crippen molar-refractivity contribution >= 4 is 15.9 Å². The second-order valence-electron chi connectivity index (χ2n) is 5.55. The molecule has 1 atom stereocenters. The Bertz CT molecular complexity index is 375. The van der Waals surface area contributed by atoms with E-state index in [0.29, 0.717) is 0 Å². The number of benzene rings is 1. The summed E-state index contributed by atoms with van der Waals surface area (Å²) in [4.78, 5) is 2.48. The van der Waals surface area contributed by atoms with E-state index in [1.54, 1.807) is 0 Å². The molecule has 1 N–H and O–H groups in total. The maximum Gasteiger partial charge on any atom is 0.0802 e. The SMILES string of the molecule is CCN(CCC(O)c1ccc(Br)cc1)CC1CCC1. The monoisotopic (exact) mass is 325 g/mol. The molecule has 1 saturated carbocycles. The molecule has 1 aromatic carbocycles. The minimum absolute atomic E-state index is 0.344. The van der Waals surface area contributed by atoms with Gasteiger partial charge in [0.25, 0.3) is 0 Å². The van der Waals surface area contributed by atoms with Crippen molar-refractivity contribution in [2.24, 2.45) is 5.92 Å². The van der Waals surface area contributed by atoms with Gasteiger partial charge in [-0.3, -0.25) is 0 Å². The van der Waals surface area contributed by atoms with Crippen LogP contribution in [0.15, 0.2) is 28.7 Å². The molecule has 1 unspecified atom stereocenters. The summed E-state index contributed by atoms with van der Waals surface area (Å²) in [6, 6.07) is 7.98. The third-order valence-electron chi connectivity index (χ3n) is 4.16. The average Bonchev–Trinajstić information content (AvgIpc) is 2.37. The zero-order valence-corrected chi connectivity index (χ0v) is 13.3. The highest BCUT2D eigenvalue weighted by Gasteiger charge is 2.20. The molecular formula is C16H24BrNO. The number of hydrogen-bond donors (Lipinski definition) is 1. The molecule has 1 fully saturated rings. The van der Waals surface area contributed by atoms with Crippen LogP contribution in [0.2, 0.25) is 0 Å². The highest BCUT2D eigenvalue weighted by molar-refractivity contribution is 9.10. The van der Waals surface area contributed by atoms with E-state index in [0.717, 1.165) is 35.5 Å². The second kappa shape index (κ2) is 7.41. The third kappa shape index (κ3) is 4.59. The highest BCUT2D eigenvalue weighted by Crippen LogP contribution is 2.27. The molecule has 1 aliphatic carbocycles. The molecule has 0 spiro atoms. The van der Waals surface area contributed by atoms with Gasteiger partial charge in [0.15, 0.2) is 0 Å². The standard InChI is InChI=1S/C16H24BrNO/c1-2-18(12-13-4-3-5-13)11-10-16(19)14-6-8-15(17)9-7-14/h6-9,13,16,19H,2-5,10-12H2,1H3. The van der Waals surface area contributed by atoms with Gasteiger partial charge in [-0.15, -0.1) is 0 Å². The largest absolute Gasteiger partial charge is 0.388 e. The van der Waals surface area contributed by atoms with Gasteiger partial charge in [0, 0.05) is 17.6 Å². The first-order valence-corrected chi connectivity index (χ1v) is 8.14. The molecule has 0 radical (unpaired) electrons. The Morgan fingerprint density at radius 2 is 2.00 bits per heavy atom. The van der Waals surface area contributed by atoms with Gasteiger partial charge in [0.05, 0.1) is 6.10 Å². The van der Waals surface area contributed by atoms with Gasteiger partial charge in [-0.1, -0.05) is 41.4 Å². The van der Waals surface area contributed by atoms with Crippen molar-refractivity contribution in [2.75, 3.05) is 19.6 Å². The molecule has 0 bridgehead atoms. The van der Waals surface area contributed by atoms with Crippen LogP contribution in [0.25, 0.3) is 0 Å². The zero-order valence-electron chi connectivity index (χ0n) is 11.7. The first-order valence-electron chi connectivity index (χ1n) is 7.35. The van der Waals surface area contributed by atoms with Gasteiger partial charge >= 0.3 is 0 Å². The van der Waals surface area contributed by atoms with Gasteiger partial charge < -0.3 is 10.0 Å². The van der Waals surface area contributed by atoms with E-state index in [1.807, 2.05) is 24.3 Å². The van der Waals surface area contributed by atoms with Crippen molar-refractivity contribution in [2.45, 2.75) is 38.7 Å². The molecule has 3 heteroatoms. The summed E-state index contributed by atoms with van der Waals surface area (Å²) in [5.74, 6) is 0.907. The van der Waals surface area contributed by atoms with E-state index >= 15 is 0 Å². The van der Waals surface area contributed by atoms with E-state index in [4.69, 9.17) is 0 Å². The summed E-state index contributed by atoms with van der Waals surface area (Å²) in [6.07, 6.45) is 4.67. The van der Waals surface area contributed by atoms with Crippen molar-refractivity contribution in [1.82, 2.24) is 4.90 Å². The normalized spacial score (nSPS) is 17.5.